The summed E-state index contributed by atoms with van der Waals surface area (Å²) in [6, 6.07) is 17.1. The molecular formula is C40H48N4O5. The first-order valence-electron chi connectivity index (χ1n) is 17.0. The molecule has 258 valence electrons. The standard InChI is InChI=1S/C40H48N4O5/c1-7-9-32-26-43(24-27-12-14-42-35(18-27)31-22-37(46-3)40(49-6)38(23-31)47-4)16-17-44(32)25-28-13-15-41-34(19-28)30-20-33(29-10-8-11-29)39(48-5)36(21-30)45-2/h7,9,12-15,18-23,29,32H,8,10-11,16-17,24-26H2,1-6H3/b9-7-/t32-/m0/s1. The third-order valence-electron chi connectivity index (χ3n) is 9.78. The highest BCUT2D eigenvalue weighted by atomic mass is 16.5. The maximum Gasteiger partial charge on any atom is 0.203 e. The Balaban J connectivity index is 1.16. The highest BCUT2D eigenvalue weighted by Gasteiger charge is 2.28. The Labute approximate surface area is 290 Å². The third kappa shape index (κ3) is 7.53. The fourth-order valence-corrected chi connectivity index (χ4v) is 7.00. The van der Waals surface area contributed by atoms with Crippen molar-refractivity contribution < 1.29 is 23.7 Å². The summed E-state index contributed by atoms with van der Waals surface area (Å²) in [5, 5.41) is 0. The molecule has 0 unspecified atom stereocenters. The molecule has 2 aromatic carbocycles. The first-order chi connectivity index (χ1) is 24.0. The zero-order valence-corrected chi connectivity index (χ0v) is 29.6. The minimum atomic E-state index is 0.290. The smallest absolute Gasteiger partial charge is 0.203 e. The van der Waals surface area contributed by atoms with Crippen molar-refractivity contribution in [1.29, 1.82) is 0 Å². The first kappa shape index (κ1) is 34.3. The highest BCUT2D eigenvalue weighted by Crippen LogP contribution is 2.46. The largest absolute Gasteiger partial charge is 0.493 e. The van der Waals surface area contributed by atoms with Crippen LogP contribution in [0.1, 0.15) is 48.8 Å². The van der Waals surface area contributed by atoms with Crippen LogP contribution in [0.25, 0.3) is 22.5 Å². The fraction of sp³-hybridized carbons (Fsp3) is 0.400. The van der Waals surface area contributed by atoms with Gasteiger partial charge in [-0.1, -0.05) is 18.6 Å². The van der Waals surface area contributed by atoms with Crippen molar-refractivity contribution in [3.05, 3.63) is 89.8 Å². The molecular weight excluding hydrogens is 616 g/mol. The molecule has 0 radical (unpaired) electrons. The van der Waals surface area contributed by atoms with Gasteiger partial charge in [-0.2, -0.15) is 0 Å². The summed E-state index contributed by atoms with van der Waals surface area (Å²) < 4.78 is 28.2. The number of hydrogen-bond donors (Lipinski definition) is 0. The van der Waals surface area contributed by atoms with Gasteiger partial charge >= 0.3 is 0 Å². The van der Waals surface area contributed by atoms with Crippen LogP contribution in [0.2, 0.25) is 0 Å². The number of aromatic nitrogens is 2. The van der Waals surface area contributed by atoms with Gasteiger partial charge < -0.3 is 23.7 Å². The van der Waals surface area contributed by atoms with E-state index in [1.54, 1.807) is 35.5 Å². The van der Waals surface area contributed by atoms with Crippen molar-refractivity contribution in [1.82, 2.24) is 19.8 Å². The van der Waals surface area contributed by atoms with Crippen LogP contribution in [-0.4, -0.2) is 81.0 Å². The van der Waals surface area contributed by atoms with E-state index in [2.05, 4.69) is 70.3 Å². The number of allylic oxidation sites excluding steroid dienone is 1. The number of pyridine rings is 2. The van der Waals surface area contributed by atoms with E-state index < -0.39 is 0 Å². The zero-order chi connectivity index (χ0) is 34.3. The molecule has 0 N–H and O–H groups in total. The van der Waals surface area contributed by atoms with Gasteiger partial charge in [-0.05, 0) is 85.3 Å². The number of benzene rings is 2. The Bertz CT molecular complexity index is 1750. The Kier molecular flexibility index (Phi) is 11.0. The minimum absolute atomic E-state index is 0.290. The van der Waals surface area contributed by atoms with Gasteiger partial charge in [0.2, 0.25) is 5.75 Å². The number of piperazine rings is 1. The van der Waals surface area contributed by atoms with Crippen LogP contribution in [0.4, 0.5) is 0 Å². The lowest BCUT2D eigenvalue weighted by Gasteiger charge is -2.40. The van der Waals surface area contributed by atoms with Crippen LogP contribution in [0, 0.1) is 0 Å². The average molecular weight is 665 g/mol. The summed E-state index contributed by atoms with van der Waals surface area (Å²) in [4.78, 5) is 14.6. The second-order valence-corrected chi connectivity index (χ2v) is 12.7. The predicted molar refractivity (Wildman–Crippen MR) is 193 cm³/mol. The van der Waals surface area contributed by atoms with Gasteiger partial charge in [0.1, 0.15) is 0 Å². The van der Waals surface area contributed by atoms with Crippen LogP contribution in [0.5, 0.6) is 28.7 Å². The number of nitrogens with zero attached hydrogens (tertiary/aromatic N) is 4. The van der Waals surface area contributed by atoms with E-state index in [-0.39, 0.29) is 6.04 Å². The molecule has 1 aliphatic heterocycles. The van der Waals surface area contributed by atoms with Gasteiger partial charge in [-0.15, -0.1) is 0 Å². The third-order valence-corrected chi connectivity index (χ3v) is 9.78. The Morgan fingerprint density at radius 3 is 1.80 bits per heavy atom. The molecule has 9 nitrogen and oxygen atoms in total. The molecule has 2 aromatic heterocycles. The fourth-order valence-electron chi connectivity index (χ4n) is 7.00. The summed E-state index contributed by atoms with van der Waals surface area (Å²) in [7, 11) is 8.30. The highest BCUT2D eigenvalue weighted by molar-refractivity contribution is 5.69. The van der Waals surface area contributed by atoms with E-state index in [0.717, 1.165) is 66.7 Å². The quantitative estimate of drug-likeness (QED) is 0.136. The molecule has 3 heterocycles. The van der Waals surface area contributed by atoms with Gasteiger partial charge in [-0.3, -0.25) is 19.8 Å². The molecule has 2 aliphatic rings. The molecule has 2 fully saturated rings. The van der Waals surface area contributed by atoms with E-state index in [4.69, 9.17) is 28.7 Å². The van der Waals surface area contributed by atoms with E-state index in [0.29, 0.717) is 23.2 Å². The van der Waals surface area contributed by atoms with Gasteiger partial charge in [0.15, 0.2) is 23.0 Å². The van der Waals surface area contributed by atoms with E-state index in [9.17, 15) is 0 Å². The van der Waals surface area contributed by atoms with E-state index in [1.807, 2.05) is 24.5 Å². The maximum atomic E-state index is 5.79. The Hall–Kier alpha value is -4.60. The molecule has 1 atom stereocenters. The lowest BCUT2D eigenvalue weighted by atomic mass is 9.79. The van der Waals surface area contributed by atoms with Crippen molar-refractivity contribution in [3.8, 4) is 51.3 Å². The molecule has 6 rings (SSSR count). The Morgan fingerprint density at radius 1 is 0.694 bits per heavy atom. The number of hydrogen-bond acceptors (Lipinski definition) is 9. The topological polar surface area (TPSA) is 78.4 Å². The monoisotopic (exact) mass is 664 g/mol. The normalized spacial score (nSPS) is 17.1. The summed E-state index contributed by atoms with van der Waals surface area (Å²) in [6.45, 7) is 6.65. The molecule has 1 saturated heterocycles. The molecule has 9 heteroatoms. The summed E-state index contributed by atoms with van der Waals surface area (Å²) in [5.41, 5.74) is 7.49. The number of methoxy groups -OCH3 is 5. The maximum absolute atomic E-state index is 5.79. The van der Waals surface area contributed by atoms with Crippen LogP contribution in [0.15, 0.2) is 73.1 Å². The van der Waals surface area contributed by atoms with Crippen LogP contribution in [-0.2, 0) is 13.1 Å². The van der Waals surface area contributed by atoms with Crippen molar-refractivity contribution in [2.45, 2.75) is 51.2 Å². The predicted octanol–water partition coefficient (Wildman–Crippen LogP) is 7.38. The van der Waals surface area contributed by atoms with Gasteiger partial charge in [-0.25, -0.2) is 0 Å². The minimum Gasteiger partial charge on any atom is -0.493 e. The number of ether oxygens (including phenoxy) is 5. The lowest BCUT2D eigenvalue weighted by molar-refractivity contribution is 0.0867. The van der Waals surface area contributed by atoms with Crippen molar-refractivity contribution in [2.24, 2.45) is 0 Å². The van der Waals surface area contributed by atoms with Crippen molar-refractivity contribution in [3.63, 3.8) is 0 Å². The first-order valence-corrected chi connectivity index (χ1v) is 17.0. The molecule has 1 saturated carbocycles. The summed E-state index contributed by atoms with van der Waals surface area (Å²) in [5.74, 6) is 3.92. The molecule has 0 spiro atoms. The van der Waals surface area contributed by atoms with E-state index >= 15 is 0 Å². The molecule has 0 amide bonds. The van der Waals surface area contributed by atoms with Crippen LogP contribution < -0.4 is 23.7 Å². The molecule has 49 heavy (non-hydrogen) atoms. The Morgan fingerprint density at radius 2 is 1.27 bits per heavy atom. The number of rotatable bonds is 13. The van der Waals surface area contributed by atoms with Gasteiger partial charge in [0.05, 0.1) is 46.9 Å². The molecule has 1 aliphatic carbocycles. The van der Waals surface area contributed by atoms with Gasteiger partial charge in [0, 0.05) is 67.8 Å². The average Bonchev–Trinajstić information content (AvgIpc) is 3.11. The SMILES string of the molecule is C/C=C\[C@H]1CN(Cc2ccnc(-c3cc(OC)c(OC)c(OC)c3)c2)CCN1Cc1ccnc(-c2cc(OC)c(OC)c(C3CCC3)c2)c1. The van der Waals surface area contributed by atoms with Gasteiger partial charge in [0.25, 0.3) is 0 Å². The zero-order valence-electron chi connectivity index (χ0n) is 29.6. The lowest BCUT2D eigenvalue weighted by Crippen LogP contribution is -2.51. The second kappa shape index (κ2) is 15.7. The second-order valence-electron chi connectivity index (χ2n) is 12.7. The summed E-state index contributed by atoms with van der Waals surface area (Å²) in [6.07, 6.45) is 11.9. The summed E-state index contributed by atoms with van der Waals surface area (Å²) >= 11 is 0. The van der Waals surface area contributed by atoms with E-state index in [1.165, 1.54) is 36.0 Å². The van der Waals surface area contributed by atoms with Crippen LogP contribution >= 0.6 is 0 Å². The molecule has 4 aromatic rings. The van der Waals surface area contributed by atoms with Crippen molar-refractivity contribution >= 4 is 0 Å². The molecule has 0 bridgehead atoms. The van der Waals surface area contributed by atoms with Crippen LogP contribution in [0.3, 0.4) is 0 Å². The van der Waals surface area contributed by atoms with Crippen molar-refractivity contribution in [2.75, 3.05) is 55.2 Å².